The first-order chi connectivity index (χ1) is 23.8. The molecule has 5 nitrogen and oxygen atoms in total. The lowest BCUT2D eigenvalue weighted by Gasteiger charge is -2.11. The summed E-state index contributed by atoms with van der Waals surface area (Å²) in [7, 11) is 0. The monoisotopic (exact) mass is 632 g/mol. The molecule has 0 unspecified atom stereocenters. The maximum Gasteiger partial charge on any atom is 0.167 e. The molecular weight excluding hydrogens is 609 g/mol. The first-order valence-corrected chi connectivity index (χ1v) is 16.6. The van der Waals surface area contributed by atoms with Crippen molar-refractivity contribution >= 4 is 64.2 Å². The molecule has 4 aromatic heterocycles. The molecule has 0 amide bonds. The van der Waals surface area contributed by atoms with Crippen molar-refractivity contribution < 1.29 is 4.42 Å². The van der Waals surface area contributed by atoms with E-state index in [2.05, 4.69) is 72.8 Å². The number of para-hydroxylation sites is 2. The maximum atomic E-state index is 6.43. The van der Waals surface area contributed by atoms with Gasteiger partial charge in [-0.15, -0.1) is 11.3 Å². The second-order valence-electron chi connectivity index (χ2n) is 11.8. The molecule has 4 heterocycles. The van der Waals surface area contributed by atoms with Crippen LogP contribution < -0.4 is 0 Å². The number of fused-ring (bicyclic) bond motifs is 7. The number of rotatable bonds is 4. The highest BCUT2D eigenvalue weighted by molar-refractivity contribution is 7.26. The smallest absolute Gasteiger partial charge is 0.167 e. The van der Waals surface area contributed by atoms with Gasteiger partial charge >= 0.3 is 0 Å². The minimum absolute atomic E-state index is 0.566. The highest BCUT2D eigenvalue weighted by Gasteiger charge is 2.21. The van der Waals surface area contributed by atoms with E-state index in [1.165, 1.54) is 9.40 Å². The van der Waals surface area contributed by atoms with Gasteiger partial charge in [-0.05, 0) is 35.7 Å². The van der Waals surface area contributed by atoms with Gasteiger partial charge in [-0.2, -0.15) is 0 Å². The fraction of sp³-hybridized carbons (Fsp3) is 0. The third-order valence-electron chi connectivity index (χ3n) is 8.98. The van der Waals surface area contributed by atoms with Crippen molar-refractivity contribution in [2.75, 3.05) is 0 Å². The van der Waals surface area contributed by atoms with E-state index < -0.39 is 0 Å². The van der Waals surface area contributed by atoms with Gasteiger partial charge in [-0.25, -0.2) is 15.0 Å². The van der Waals surface area contributed by atoms with Crippen LogP contribution >= 0.6 is 11.3 Å². The minimum atomic E-state index is 0.566. The molecule has 0 fully saturated rings. The number of thiophene rings is 1. The summed E-state index contributed by atoms with van der Waals surface area (Å²) in [5, 5.41) is 6.64. The molecule has 0 saturated carbocycles. The lowest BCUT2D eigenvalue weighted by Crippen LogP contribution is -2.00. The zero-order valence-corrected chi connectivity index (χ0v) is 26.3. The molecule has 0 aliphatic heterocycles. The number of nitrogens with zero attached hydrogens (tertiary/aromatic N) is 4. The summed E-state index contributed by atoms with van der Waals surface area (Å²) >= 11 is 1.77. The second kappa shape index (κ2) is 10.7. The van der Waals surface area contributed by atoms with Gasteiger partial charge in [0.25, 0.3) is 0 Å². The zero-order chi connectivity index (χ0) is 31.6. The Morgan fingerprint density at radius 2 is 1.10 bits per heavy atom. The van der Waals surface area contributed by atoms with Crippen molar-refractivity contribution in [3.05, 3.63) is 146 Å². The summed E-state index contributed by atoms with van der Waals surface area (Å²) in [6.07, 6.45) is 1.96. The lowest BCUT2D eigenvalue weighted by molar-refractivity contribution is 0.669. The third-order valence-corrected chi connectivity index (χ3v) is 10.1. The van der Waals surface area contributed by atoms with Crippen LogP contribution in [0.3, 0.4) is 0 Å². The zero-order valence-electron chi connectivity index (χ0n) is 25.5. The van der Waals surface area contributed by atoms with E-state index in [9.17, 15) is 0 Å². The van der Waals surface area contributed by atoms with Gasteiger partial charge in [-0.1, -0.05) is 109 Å². The average Bonchev–Trinajstić information content (AvgIpc) is 3.73. The summed E-state index contributed by atoms with van der Waals surface area (Å²) in [5.41, 5.74) is 6.31. The van der Waals surface area contributed by atoms with Crippen molar-refractivity contribution in [1.82, 2.24) is 19.9 Å². The number of hydrogen-bond donors (Lipinski definition) is 0. The Morgan fingerprint density at radius 1 is 0.479 bits per heavy atom. The first kappa shape index (κ1) is 26.9. The molecule has 10 aromatic rings. The molecule has 0 spiro atoms. The van der Waals surface area contributed by atoms with E-state index >= 15 is 0 Å². The highest BCUT2D eigenvalue weighted by Crippen LogP contribution is 2.44. The number of aromatic nitrogens is 4. The number of pyridine rings is 1. The van der Waals surface area contributed by atoms with Crippen LogP contribution in [0, 0.1) is 0 Å². The average molecular weight is 633 g/mol. The minimum Gasteiger partial charge on any atom is -0.455 e. The summed E-state index contributed by atoms with van der Waals surface area (Å²) in [6.45, 7) is 0. The number of hydrogen-bond acceptors (Lipinski definition) is 6. The van der Waals surface area contributed by atoms with Gasteiger partial charge in [0.05, 0.1) is 11.3 Å². The van der Waals surface area contributed by atoms with Crippen LogP contribution in [0.25, 0.3) is 98.3 Å². The lowest BCUT2D eigenvalue weighted by atomic mass is 9.98. The van der Waals surface area contributed by atoms with Crippen LogP contribution in [0.4, 0.5) is 0 Å². The van der Waals surface area contributed by atoms with Crippen LogP contribution in [-0.2, 0) is 0 Å². The Kier molecular flexibility index (Phi) is 5.98. The van der Waals surface area contributed by atoms with E-state index in [-0.39, 0.29) is 0 Å². The normalized spacial score (nSPS) is 11.8. The fourth-order valence-corrected chi connectivity index (χ4v) is 7.91. The van der Waals surface area contributed by atoms with Crippen LogP contribution in [-0.4, -0.2) is 19.9 Å². The van der Waals surface area contributed by atoms with Crippen LogP contribution in [0.15, 0.2) is 150 Å². The predicted molar refractivity (Wildman–Crippen MR) is 197 cm³/mol. The van der Waals surface area contributed by atoms with Crippen molar-refractivity contribution in [2.24, 2.45) is 0 Å². The molecule has 48 heavy (non-hydrogen) atoms. The topological polar surface area (TPSA) is 64.7 Å². The summed E-state index contributed by atoms with van der Waals surface area (Å²) < 4.78 is 8.79. The summed E-state index contributed by atoms with van der Waals surface area (Å²) in [4.78, 5) is 20.3. The number of benzene rings is 6. The number of furan rings is 1. The van der Waals surface area contributed by atoms with Crippen molar-refractivity contribution in [1.29, 1.82) is 0 Å². The molecule has 0 N–H and O–H groups in total. The summed E-state index contributed by atoms with van der Waals surface area (Å²) in [5.74, 6) is 1.78. The Hall–Kier alpha value is -6.24. The van der Waals surface area contributed by atoms with Gasteiger partial charge in [0.15, 0.2) is 17.5 Å². The van der Waals surface area contributed by atoms with Gasteiger partial charge < -0.3 is 4.42 Å². The van der Waals surface area contributed by atoms with Gasteiger partial charge in [0.2, 0.25) is 0 Å². The molecule has 0 radical (unpaired) electrons. The van der Waals surface area contributed by atoms with Crippen molar-refractivity contribution in [3.63, 3.8) is 0 Å². The van der Waals surface area contributed by atoms with Crippen LogP contribution in [0.1, 0.15) is 0 Å². The van der Waals surface area contributed by atoms with Crippen molar-refractivity contribution in [3.8, 4) is 45.4 Å². The van der Waals surface area contributed by atoms with Gasteiger partial charge in [0, 0.05) is 59.2 Å². The van der Waals surface area contributed by atoms with E-state index in [1.807, 2.05) is 72.9 Å². The second-order valence-corrected chi connectivity index (χ2v) is 12.9. The highest BCUT2D eigenvalue weighted by atomic mass is 32.1. The molecule has 0 aliphatic carbocycles. The first-order valence-electron chi connectivity index (χ1n) is 15.8. The molecule has 224 valence electrons. The third kappa shape index (κ3) is 4.24. The Labute approximate surface area is 278 Å². The molecule has 10 rings (SSSR count). The molecule has 0 atom stereocenters. The Balaban J connectivity index is 1.25. The van der Waals surface area contributed by atoms with Gasteiger partial charge in [0.1, 0.15) is 11.2 Å². The molecule has 6 heteroatoms. The molecule has 0 aliphatic rings. The van der Waals surface area contributed by atoms with E-state index in [1.54, 1.807) is 11.3 Å². The molecule has 0 saturated heterocycles. The molecule has 0 bridgehead atoms. The van der Waals surface area contributed by atoms with E-state index in [4.69, 9.17) is 24.4 Å². The molecule has 6 aromatic carbocycles. The Morgan fingerprint density at radius 3 is 1.96 bits per heavy atom. The fourth-order valence-electron chi connectivity index (χ4n) is 6.75. The van der Waals surface area contributed by atoms with Crippen LogP contribution in [0.2, 0.25) is 0 Å². The largest absolute Gasteiger partial charge is 0.455 e. The SMILES string of the molecule is c1ccc(-c2nc(-c3cccc4c3oc3ccccc34)nc(-c3cccc4sc5cccc(-c6cc7ccccc7cn6)c5c34)n2)cc1. The predicted octanol–water partition coefficient (Wildman–Crippen LogP) is 11.4. The molecular formula is C42H24N4OS. The standard InChI is InChI=1S/C42H24N4OS/c1-2-11-25(12-3-1)40-44-41(46-42(45-40)32-19-8-16-29-28-15-6-7-20-34(28)47-39(29)32)31-18-10-22-36-38(31)37-30(17-9-21-35(37)48-36)33-23-26-13-4-5-14-27(26)24-43-33/h1-24H. The maximum absolute atomic E-state index is 6.43. The summed E-state index contributed by atoms with van der Waals surface area (Å²) in [6, 6.07) is 47.7. The van der Waals surface area contributed by atoms with E-state index in [0.717, 1.165) is 71.4 Å². The van der Waals surface area contributed by atoms with E-state index in [0.29, 0.717) is 17.5 Å². The Bertz CT molecular complexity index is 2860. The van der Waals surface area contributed by atoms with Crippen molar-refractivity contribution in [2.45, 2.75) is 0 Å². The quantitative estimate of drug-likeness (QED) is 0.193. The van der Waals surface area contributed by atoms with Crippen LogP contribution in [0.5, 0.6) is 0 Å². The van der Waals surface area contributed by atoms with Gasteiger partial charge in [-0.3, -0.25) is 4.98 Å².